The standard InChI is InChI=1S/C32H48N2O4S/c1-2-3-4-5-6-7-8-9-10-11-12-13-14-15-16-17-22-36-25-27(35)26-39-32-33-30(28-20-18-23-37-28)31(34-32)29-21-19-24-38-29/h9-10,18-21,23-24,27,35H,2-8,11-17,22,25-26H2,1H3,(H,33,34)/b10-9-. The highest BCUT2D eigenvalue weighted by atomic mass is 32.2. The van der Waals surface area contributed by atoms with E-state index >= 15 is 0 Å². The largest absolute Gasteiger partial charge is 0.463 e. The van der Waals surface area contributed by atoms with Crippen molar-refractivity contribution in [3.8, 4) is 22.9 Å². The number of nitrogens with zero attached hydrogens (tertiary/aromatic N) is 1. The van der Waals surface area contributed by atoms with Gasteiger partial charge in [-0.1, -0.05) is 88.6 Å². The van der Waals surface area contributed by atoms with E-state index in [4.69, 9.17) is 13.6 Å². The van der Waals surface area contributed by atoms with Gasteiger partial charge in [0.1, 0.15) is 11.4 Å². The first-order valence-corrected chi connectivity index (χ1v) is 16.0. The van der Waals surface area contributed by atoms with Crippen molar-refractivity contribution in [1.82, 2.24) is 9.97 Å². The summed E-state index contributed by atoms with van der Waals surface area (Å²) in [6.07, 6.45) is 25.6. The Morgan fingerprint density at radius 1 is 0.872 bits per heavy atom. The van der Waals surface area contributed by atoms with Crippen LogP contribution >= 0.6 is 11.8 Å². The van der Waals surface area contributed by atoms with Crippen LogP contribution in [0, 0.1) is 0 Å². The van der Waals surface area contributed by atoms with E-state index in [2.05, 4.69) is 29.0 Å². The molecule has 0 spiro atoms. The summed E-state index contributed by atoms with van der Waals surface area (Å²) < 4.78 is 16.8. The van der Waals surface area contributed by atoms with Crippen molar-refractivity contribution in [3.05, 3.63) is 48.9 Å². The summed E-state index contributed by atoms with van der Waals surface area (Å²) in [4.78, 5) is 7.96. The van der Waals surface area contributed by atoms with Gasteiger partial charge in [0.25, 0.3) is 0 Å². The normalized spacial score (nSPS) is 12.6. The van der Waals surface area contributed by atoms with E-state index in [0.29, 0.717) is 41.3 Å². The van der Waals surface area contributed by atoms with Crippen molar-refractivity contribution in [3.63, 3.8) is 0 Å². The molecule has 0 saturated heterocycles. The highest BCUT2D eigenvalue weighted by Gasteiger charge is 2.19. The predicted molar refractivity (Wildman–Crippen MR) is 161 cm³/mol. The molecular formula is C32H48N2O4S. The van der Waals surface area contributed by atoms with Crippen molar-refractivity contribution in [1.29, 1.82) is 0 Å². The van der Waals surface area contributed by atoms with Gasteiger partial charge in [0.15, 0.2) is 16.7 Å². The molecule has 0 fully saturated rings. The number of rotatable bonds is 23. The van der Waals surface area contributed by atoms with Crippen LogP contribution in [0.4, 0.5) is 0 Å². The lowest BCUT2D eigenvalue weighted by Crippen LogP contribution is -2.18. The van der Waals surface area contributed by atoms with E-state index < -0.39 is 6.10 Å². The molecule has 7 heteroatoms. The molecule has 1 atom stereocenters. The number of aromatic amines is 1. The first kappa shape index (κ1) is 31.3. The predicted octanol–water partition coefficient (Wildman–Crippen LogP) is 9.44. The molecule has 0 aliphatic rings. The Morgan fingerprint density at radius 2 is 1.49 bits per heavy atom. The number of H-pyrrole nitrogens is 1. The lowest BCUT2D eigenvalue weighted by Gasteiger charge is -2.10. The van der Waals surface area contributed by atoms with Crippen molar-refractivity contribution < 1.29 is 18.7 Å². The second kappa shape index (κ2) is 19.8. The summed E-state index contributed by atoms with van der Waals surface area (Å²) in [7, 11) is 0. The molecule has 0 radical (unpaired) electrons. The number of unbranched alkanes of at least 4 members (excludes halogenated alkanes) is 12. The summed E-state index contributed by atoms with van der Waals surface area (Å²) in [5.41, 5.74) is 1.46. The summed E-state index contributed by atoms with van der Waals surface area (Å²) in [5.74, 6) is 1.86. The molecule has 3 rings (SSSR count). The zero-order valence-corrected chi connectivity index (χ0v) is 24.6. The molecule has 0 aliphatic heterocycles. The number of aromatic nitrogens is 2. The highest BCUT2D eigenvalue weighted by molar-refractivity contribution is 7.99. The molecule has 0 aromatic carbocycles. The summed E-state index contributed by atoms with van der Waals surface area (Å²) >= 11 is 1.46. The van der Waals surface area contributed by atoms with Crippen molar-refractivity contribution in [2.45, 2.75) is 108 Å². The Hall–Kier alpha value is -2.22. The molecule has 0 amide bonds. The van der Waals surface area contributed by atoms with Crippen LogP contribution in [-0.4, -0.2) is 40.1 Å². The highest BCUT2D eigenvalue weighted by Crippen LogP contribution is 2.33. The zero-order valence-electron chi connectivity index (χ0n) is 23.7. The number of allylic oxidation sites excluding steroid dienone is 2. The van der Waals surface area contributed by atoms with Crippen LogP contribution in [-0.2, 0) is 4.74 Å². The van der Waals surface area contributed by atoms with Crippen LogP contribution in [0.2, 0.25) is 0 Å². The average Bonchev–Trinajstić information content (AvgIpc) is 3.73. The van der Waals surface area contributed by atoms with Gasteiger partial charge in [0, 0.05) is 12.4 Å². The van der Waals surface area contributed by atoms with Crippen LogP contribution in [0.15, 0.2) is 62.9 Å². The fraction of sp³-hybridized carbons (Fsp3) is 0.594. The maximum absolute atomic E-state index is 10.4. The van der Waals surface area contributed by atoms with Gasteiger partial charge in [0.2, 0.25) is 0 Å². The number of hydrogen-bond acceptors (Lipinski definition) is 6. The molecule has 6 nitrogen and oxygen atoms in total. The molecule has 2 N–H and O–H groups in total. The minimum Gasteiger partial charge on any atom is -0.463 e. The first-order chi connectivity index (χ1) is 19.3. The molecule has 216 valence electrons. The van der Waals surface area contributed by atoms with Gasteiger partial charge >= 0.3 is 0 Å². The lowest BCUT2D eigenvalue weighted by molar-refractivity contribution is 0.0467. The number of ether oxygens (including phenoxy) is 1. The van der Waals surface area contributed by atoms with Crippen LogP contribution in [0.25, 0.3) is 22.9 Å². The second-order valence-corrected chi connectivity index (χ2v) is 11.2. The number of imidazole rings is 1. The SMILES string of the molecule is CCCCCCCC/C=C\CCCCCCCCOCC(O)CSc1nc(-c2ccco2)c(-c2ccco2)[nH]1. The number of aliphatic hydroxyl groups is 1. The van der Waals surface area contributed by atoms with Crippen molar-refractivity contribution >= 4 is 11.8 Å². The number of nitrogens with one attached hydrogen (secondary N) is 1. The van der Waals surface area contributed by atoms with E-state index in [-0.39, 0.29) is 0 Å². The molecule has 1 unspecified atom stereocenters. The van der Waals surface area contributed by atoms with Gasteiger partial charge in [-0.25, -0.2) is 4.98 Å². The van der Waals surface area contributed by atoms with Gasteiger partial charge in [-0.3, -0.25) is 0 Å². The third-order valence-corrected chi connectivity index (χ3v) is 7.75. The summed E-state index contributed by atoms with van der Waals surface area (Å²) in [6, 6.07) is 7.43. The maximum atomic E-state index is 10.4. The summed E-state index contributed by atoms with van der Waals surface area (Å²) in [6.45, 7) is 3.32. The number of hydrogen-bond donors (Lipinski definition) is 2. The molecule has 0 aliphatic carbocycles. The first-order valence-electron chi connectivity index (χ1n) is 15.0. The van der Waals surface area contributed by atoms with Crippen molar-refractivity contribution in [2.24, 2.45) is 0 Å². The van der Waals surface area contributed by atoms with Crippen LogP contribution < -0.4 is 0 Å². The Balaban J connectivity index is 1.16. The molecule has 3 aromatic heterocycles. The average molecular weight is 557 g/mol. The Morgan fingerprint density at radius 3 is 2.13 bits per heavy atom. The molecule has 3 aromatic rings. The zero-order chi connectivity index (χ0) is 27.4. The van der Waals surface area contributed by atoms with E-state index in [1.165, 1.54) is 95.2 Å². The van der Waals surface area contributed by atoms with E-state index in [1.807, 2.05) is 24.3 Å². The Labute approximate surface area is 239 Å². The fourth-order valence-corrected chi connectivity index (χ4v) is 5.28. The molecule has 3 heterocycles. The Bertz CT molecular complexity index is 946. The van der Waals surface area contributed by atoms with Gasteiger partial charge in [0.05, 0.1) is 25.2 Å². The molecule has 0 saturated carbocycles. The van der Waals surface area contributed by atoms with Crippen LogP contribution in [0.1, 0.15) is 96.8 Å². The molecule has 39 heavy (non-hydrogen) atoms. The molecule has 0 bridgehead atoms. The van der Waals surface area contributed by atoms with Gasteiger partial charge in [-0.15, -0.1) is 0 Å². The smallest absolute Gasteiger partial charge is 0.166 e. The topological polar surface area (TPSA) is 84.4 Å². The number of thioether (sulfide) groups is 1. The Kier molecular flexibility index (Phi) is 15.9. The maximum Gasteiger partial charge on any atom is 0.166 e. The number of furan rings is 2. The van der Waals surface area contributed by atoms with E-state index in [0.717, 1.165) is 12.1 Å². The van der Waals surface area contributed by atoms with Gasteiger partial charge in [-0.05, 0) is 56.4 Å². The van der Waals surface area contributed by atoms with Gasteiger partial charge in [-0.2, -0.15) is 0 Å². The third-order valence-electron chi connectivity index (χ3n) is 6.73. The second-order valence-electron chi connectivity index (χ2n) is 10.2. The van der Waals surface area contributed by atoms with Gasteiger partial charge < -0.3 is 23.7 Å². The molecular weight excluding hydrogens is 508 g/mol. The fourth-order valence-electron chi connectivity index (χ4n) is 4.50. The number of aliphatic hydroxyl groups excluding tert-OH is 1. The van der Waals surface area contributed by atoms with E-state index in [1.54, 1.807) is 12.5 Å². The summed E-state index contributed by atoms with van der Waals surface area (Å²) in [5, 5.41) is 11.1. The monoisotopic (exact) mass is 556 g/mol. The minimum atomic E-state index is -0.548. The van der Waals surface area contributed by atoms with Crippen LogP contribution in [0.5, 0.6) is 0 Å². The van der Waals surface area contributed by atoms with Crippen LogP contribution in [0.3, 0.4) is 0 Å². The van der Waals surface area contributed by atoms with Crippen molar-refractivity contribution in [2.75, 3.05) is 19.0 Å². The van der Waals surface area contributed by atoms with E-state index in [9.17, 15) is 5.11 Å². The quantitative estimate of drug-likeness (QED) is 0.0687. The third kappa shape index (κ3) is 12.7. The lowest BCUT2D eigenvalue weighted by atomic mass is 10.1. The minimum absolute atomic E-state index is 0.342.